The summed E-state index contributed by atoms with van der Waals surface area (Å²) < 4.78 is 6.52. The summed E-state index contributed by atoms with van der Waals surface area (Å²) in [5.41, 5.74) is 3.00. The third kappa shape index (κ3) is 2.81. The van der Waals surface area contributed by atoms with Crippen molar-refractivity contribution >= 4 is 17.6 Å². The molecule has 1 amide bonds. The van der Waals surface area contributed by atoms with E-state index in [1.165, 1.54) is 11.5 Å². The van der Waals surface area contributed by atoms with Gasteiger partial charge in [0.15, 0.2) is 6.73 Å². The molecule has 1 aliphatic rings. The van der Waals surface area contributed by atoms with Crippen molar-refractivity contribution in [2.75, 3.05) is 0 Å². The molecule has 0 atom stereocenters. The number of aromatic hydroxyl groups is 1. The molecule has 1 aromatic heterocycles. The number of ether oxygens (including phenoxy) is 1. The Kier molecular flexibility index (Phi) is 4.08. The molecule has 4 rings (SSSR count). The van der Waals surface area contributed by atoms with Crippen LogP contribution in [-0.4, -0.2) is 27.3 Å². The molecule has 6 nitrogen and oxygen atoms in total. The van der Waals surface area contributed by atoms with Crippen molar-refractivity contribution in [1.82, 2.24) is 4.57 Å². The summed E-state index contributed by atoms with van der Waals surface area (Å²) in [4.78, 5) is 28.2. The van der Waals surface area contributed by atoms with Gasteiger partial charge in [-0.2, -0.15) is 0 Å². The highest BCUT2D eigenvalue weighted by atomic mass is 16.5. The van der Waals surface area contributed by atoms with Gasteiger partial charge in [-0.25, -0.2) is 4.99 Å². The van der Waals surface area contributed by atoms with Gasteiger partial charge in [0, 0.05) is 12.5 Å². The van der Waals surface area contributed by atoms with Gasteiger partial charge >= 0.3 is 5.97 Å². The van der Waals surface area contributed by atoms with Crippen LogP contribution in [0.2, 0.25) is 0 Å². The van der Waals surface area contributed by atoms with Crippen molar-refractivity contribution < 1.29 is 19.4 Å². The van der Waals surface area contributed by atoms with Gasteiger partial charge in [0.1, 0.15) is 0 Å². The lowest BCUT2D eigenvalue weighted by Crippen LogP contribution is -2.09. The minimum absolute atomic E-state index is 0.154. The highest BCUT2D eigenvalue weighted by Crippen LogP contribution is 2.40. The van der Waals surface area contributed by atoms with Crippen molar-refractivity contribution in [1.29, 1.82) is 0 Å². The van der Waals surface area contributed by atoms with Crippen LogP contribution in [0.25, 0.3) is 11.3 Å². The SMILES string of the molecule is CC(=O)OCn1c(O)c2c(c1-c1ccccc1)C(=O)N=C2c1ccccc1. The number of benzene rings is 2. The van der Waals surface area contributed by atoms with Crippen LogP contribution in [-0.2, 0) is 16.3 Å². The van der Waals surface area contributed by atoms with Gasteiger partial charge < -0.3 is 9.84 Å². The van der Waals surface area contributed by atoms with E-state index in [0.717, 1.165) is 11.1 Å². The number of hydrogen-bond acceptors (Lipinski definition) is 4. The zero-order valence-electron chi connectivity index (χ0n) is 14.5. The minimum atomic E-state index is -0.481. The summed E-state index contributed by atoms with van der Waals surface area (Å²) in [7, 11) is 0. The first-order chi connectivity index (χ1) is 13.1. The number of rotatable bonds is 4. The highest BCUT2D eigenvalue weighted by Gasteiger charge is 2.36. The van der Waals surface area contributed by atoms with Gasteiger partial charge in [-0.3, -0.25) is 14.2 Å². The Morgan fingerprint density at radius 1 is 1.00 bits per heavy atom. The summed E-state index contributed by atoms with van der Waals surface area (Å²) in [5, 5.41) is 10.9. The second-order valence-corrected chi connectivity index (χ2v) is 6.11. The molecule has 1 N–H and O–H groups in total. The average Bonchev–Trinajstić information content (AvgIpc) is 3.17. The molecule has 0 aliphatic carbocycles. The normalized spacial score (nSPS) is 12.6. The van der Waals surface area contributed by atoms with Gasteiger partial charge in [0.05, 0.1) is 22.5 Å². The first kappa shape index (κ1) is 16.8. The van der Waals surface area contributed by atoms with Crippen molar-refractivity contribution in [3.8, 4) is 17.1 Å². The summed E-state index contributed by atoms with van der Waals surface area (Å²) in [6, 6.07) is 18.4. The van der Waals surface area contributed by atoms with E-state index in [2.05, 4.69) is 4.99 Å². The molecule has 1 aliphatic heterocycles. The van der Waals surface area contributed by atoms with Gasteiger partial charge in [-0.1, -0.05) is 60.7 Å². The fraction of sp³-hybridized carbons (Fsp3) is 0.0952. The highest BCUT2D eigenvalue weighted by molar-refractivity contribution is 6.30. The van der Waals surface area contributed by atoms with Crippen LogP contribution in [0.1, 0.15) is 28.4 Å². The number of carbonyl (C=O) groups excluding carboxylic acids is 2. The van der Waals surface area contributed by atoms with Crippen LogP contribution in [0.15, 0.2) is 65.7 Å². The number of carbonyl (C=O) groups is 2. The van der Waals surface area contributed by atoms with E-state index in [4.69, 9.17) is 4.74 Å². The number of fused-ring (bicyclic) bond motifs is 1. The number of hydrogen-bond donors (Lipinski definition) is 1. The molecule has 0 saturated carbocycles. The fourth-order valence-corrected chi connectivity index (χ4v) is 3.23. The molecule has 0 fully saturated rings. The summed E-state index contributed by atoms with van der Waals surface area (Å²) >= 11 is 0. The lowest BCUT2D eigenvalue weighted by molar-refractivity contribution is -0.144. The van der Waals surface area contributed by atoms with Crippen LogP contribution in [0.4, 0.5) is 0 Å². The Labute approximate surface area is 155 Å². The molecule has 6 heteroatoms. The van der Waals surface area contributed by atoms with Gasteiger partial charge in [0.25, 0.3) is 5.91 Å². The van der Waals surface area contributed by atoms with E-state index in [9.17, 15) is 14.7 Å². The molecular weight excluding hydrogens is 344 g/mol. The second-order valence-electron chi connectivity index (χ2n) is 6.11. The standard InChI is InChI=1S/C21H16N2O4/c1-13(24)27-12-23-19(15-10-6-3-7-11-15)17-16(21(23)26)18(22-20(17)25)14-8-4-2-5-9-14/h2-11,26H,12H2,1H3. The maximum Gasteiger partial charge on any atom is 0.304 e. The minimum Gasteiger partial charge on any atom is -0.494 e. The number of aliphatic imine (C=N–C) groups is 1. The van der Waals surface area contributed by atoms with E-state index in [1.807, 2.05) is 60.7 Å². The molecular formula is C21H16N2O4. The van der Waals surface area contributed by atoms with E-state index < -0.39 is 11.9 Å². The number of esters is 1. The summed E-state index contributed by atoms with van der Waals surface area (Å²) in [6.07, 6.45) is 0. The maximum atomic E-state index is 12.7. The first-order valence-corrected chi connectivity index (χ1v) is 8.41. The zero-order valence-corrected chi connectivity index (χ0v) is 14.5. The van der Waals surface area contributed by atoms with Gasteiger partial charge in [-0.05, 0) is 5.56 Å². The Bertz CT molecular complexity index is 1070. The lowest BCUT2D eigenvalue weighted by Gasteiger charge is -2.12. The Hall–Kier alpha value is -3.67. The Balaban J connectivity index is 1.95. The molecule has 3 aromatic rings. The molecule has 0 spiro atoms. The number of aromatic nitrogens is 1. The molecule has 27 heavy (non-hydrogen) atoms. The fourth-order valence-electron chi connectivity index (χ4n) is 3.23. The van der Waals surface area contributed by atoms with Crippen molar-refractivity contribution in [3.05, 3.63) is 77.4 Å². The smallest absolute Gasteiger partial charge is 0.304 e. The first-order valence-electron chi connectivity index (χ1n) is 8.41. The van der Waals surface area contributed by atoms with Gasteiger partial charge in [-0.15, -0.1) is 0 Å². The van der Waals surface area contributed by atoms with Crippen LogP contribution in [0, 0.1) is 0 Å². The van der Waals surface area contributed by atoms with E-state index in [1.54, 1.807) is 0 Å². The number of nitrogens with zero attached hydrogens (tertiary/aromatic N) is 2. The predicted molar refractivity (Wildman–Crippen MR) is 99.7 cm³/mol. The zero-order chi connectivity index (χ0) is 19.0. The van der Waals surface area contributed by atoms with E-state index in [-0.39, 0.29) is 12.6 Å². The summed E-state index contributed by atoms with van der Waals surface area (Å²) in [6.45, 7) is 1.09. The monoisotopic (exact) mass is 360 g/mol. The van der Waals surface area contributed by atoms with Crippen LogP contribution in [0.5, 0.6) is 5.88 Å². The molecule has 2 aromatic carbocycles. The topological polar surface area (TPSA) is 80.9 Å². The molecule has 0 radical (unpaired) electrons. The van der Waals surface area contributed by atoms with Crippen molar-refractivity contribution in [2.24, 2.45) is 4.99 Å². The molecule has 0 unspecified atom stereocenters. The molecule has 2 heterocycles. The second kappa shape index (κ2) is 6.57. The van der Waals surface area contributed by atoms with Gasteiger partial charge in [0.2, 0.25) is 5.88 Å². The van der Waals surface area contributed by atoms with Crippen molar-refractivity contribution in [2.45, 2.75) is 13.7 Å². The Morgan fingerprint density at radius 3 is 2.19 bits per heavy atom. The Morgan fingerprint density at radius 2 is 1.59 bits per heavy atom. The summed E-state index contributed by atoms with van der Waals surface area (Å²) in [5.74, 6) is -1.07. The average molecular weight is 360 g/mol. The van der Waals surface area contributed by atoms with Crippen molar-refractivity contribution in [3.63, 3.8) is 0 Å². The number of amides is 1. The molecule has 134 valence electrons. The largest absolute Gasteiger partial charge is 0.494 e. The third-order valence-electron chi connectivity index (χ3n) is 4.39. The molecule has 0 bridgehead atoms. The predicted octanol–water partition coefficient (Wildman–Crippen LogP) is 3.37. The lowest BCUT2D eigenvalue weighted by atomic mass is 10.0. The third-order valence-corrected chi connectivity index (χ3v) is 4.39. The van der Waals surface area contributed by atoms with Crippen LogP contribution in [0.3, 0.4) is 0 Å². The van der Waals surface area contributed by atoms with E-state index in [0.29, 0.717) is 22.5 Å². The van der Waals surface area contributed by atoms with Crippen LogP contribution < -0.4 is 0 Å². The maximum absolute atomic E-state index is 12.7. The van der Waals surface area contributed by atoms with Crippen LogP contribution >= 0.6 is 0 Å². The quantitative estimate of drug-likeness (QED) is 0.723. The van der Waals surface area contributed by atoms with E-state index >= 15 is 0 Å². The molecule has 0 saturated heterocycles.